The summed E-state index contributed by atoms with van der Waals surface area (Å²) in [5.74, 6) is -0.509. The Hall–Kier alpha value is -1.70. The molecule has 20 heavy (non-hydrogen) atoms. The molecule has 0 aliphatic rings. The Morgan fingerprint density at radius 3 is 2.85 bits per heavy atom. The van der Waals surface area contributed by atoms with Gasteiger partial charge in [0.15, 0.2) is 0 Å². The normalized spacial score (nSPS) is 11.3. The monoisotopic (exact) mass is 290 g/mol. The van der Waals surface area contributed by atoms with Crippen LogP contribution in [-0.4, -0.2) is 41.4 Å². The largest absolute Gasteiger partial charge is 0.396 e. The van der Waals surface area contributed by atoms with Crippen molar-refractivity contribution in [3.8, 4) is 0 Å². The van der Waals surface area contributed by atoms with Crippen LogP contribution in [0.3, 0.4) is 0 Å². The summed E-state index contributed by atoms with van der Waals surface area (Å²) in [6, 6.07) is 0. The molecule has 0 saturated heterocycles. The first-order valence-corrected chi connectivity index (χ1v) is 6.41. The van der Waals surface area contributed by atoms with Gasteiger partial charge in [-0.25, -0.2) is 8.78 Å². The molecule has 1 aromatic rings. The molecule has 1 aromatic heterocycles. The molecule has 1 rings (SSSR count). The quantitative estimate of drug-likeness (QED) is 0.706. The fourth-order valence-electron chi connectivity index (χ4n) is 1.59. The molecule has 0 aliphatic heterocycles. The minimum atomic E-state index is -2.60. The molecule has 0 aliphatic carbocycles. The van der Waals surface area contributed by atoms with Crippen molar-refractivity contribution in [2.75, 3.05) is 18.9 Å². The third-order valence-corrected chi connectivity index (χ3v) is 2.45. The molecule has 0 unspecified atom stereocenters. The summed E-state index contributed by atoms with van der Waals surface area (Å²) in [4.78, 5) is 11.9. The molecule has 0 atom stereocenters. The number of nitrogens with one attached hydrogen (secondary N) is 1. The van der Waals surface area contributed by atoms with Gasteiger partial charge in [-0.2, -0.15) is 5.10 Å². The van der Waals surface area contributed by atoms with Crippen molar-refractivity contribution in [2.45, 2.75) is 39.3 Å². The standard InChI is InChI=1S/C12H20F2N4O2/c1-8(2)20-5-3-4-16-12(19)11-9(15)6-17-18(11)7-10(13)14/h6,8,10H,3-5,7,15H2,1-2H3,(H,16,19). The zero-order valence-corrected chi connectivity index (χ0v) is 11.6. The molecule has 6 nitrogen and oxygen atoms in total. The Balaban J connectivity index is 2.48. The smallest absolute Gasteiger partial charge is 0.271 e. The molecular weight excluding hydrogens is 270 g/mol. The van der Waals surface area contributed by atoms with Crippen LogP contribution in [-0.2, 0) is 11.3 Å². The van der Waals surface area contributed by atoms with Gasteiger partial charge in [-0.1, -0.05) is 0 Å². The lowest BCUT2D eigenvalue weighted by Gasteiger charge is -2.10. The molecular formula is C12H20F2N4O2. The van der Waals surface area contributed by atoms with Gasteiger partial charge in [-0.3, -0.25) is 9.48 Å². The summed E-state index contributed by atoms with van der Waals surface area (Å²) in [5, 5.41) is 6.28. The summed E-state index contributed by atoms with van der Waals surface area (Å²) >= 11 is 0. The number of nitrogen functional groups attached to an aromatic ring is 1. The molecule has 0 spiro atoms. The van der Waals surface area contributed by atoms with Crippen molar-refractivity contribution in [3.05, 3.63) is 11.9 Å². The van der Waals surface area contributed by atoms with Crippen LogP contribution in [0, 0.1) is 0 Å². The van der Waals surface area contributed by atoms with Gasteiger partial charge < -0.3 is 15.8 Å². The highest BCUT2D eigenvalue weighted by Crippen LogP contribution is 2.12. The van der Waals surface area contributed by atoms with E-state index in [0.717, 1.165) is 4.68 Å². The zero-order valence-electron chi connectivity index (χ0n) is 11.6. The highest BCUT2D eigenvalue weighted by Gasteiger charge is 2.18. The summed E-state index contributed by atoms with van der Waals surface area (Å²) < 4.78 is 30.9. The van der Waals surface area contributed by atoms with E-state index in [1.807, 2.05) is 13.8 Å². The Labute approximate surface area is 116 Å². The van der Waals surface area contributed by atoms with Crippen LogP contribution in [0.25, 0.3) is 0 Å². The van der Waals surface area contributed by atoms with Crippen LogP contribution in [0.2, 0.25) is 0 Å². The maximum Gasteiger partial charge on any atom is 0.271 e. The lowest BCUT2D eigenvalue weighted by Crippen LogP contribution is -2.29. The second-order valence-electron chi connectivity index (χ2n) is 4.55. The number of aromatic nitrogens is 2. The number of carbonyl (C=O) groups excluding carboxylic acids is 1. The molecule has 0 radical (unpaired) electrons. The van der Waals surface area contributed by atoms with Crippen LogP contribution < -0.4 is 11.1 Å². The van der Waals surface area contributed by atoms with E-state index in [1.165, 1.54) is 6.20 Å². The first kappa shape index (κ1) is 16.4. The van der Waals surface area contributed by atoms with Gasteiger partial charge in [-0.15, -0.1) is 0 Å². The number of amides is 1. The molecule has 1 amide bonds. The molecule has 1 heterocycles. The summed E-state index contributed by atoms with van der Waals surface area (Å²) in [7, 11) is 0. The van der Waals surface area contributed by atoms with Crippen molar-refractivity contribution in [1.82, 2.24) is 15.1 Å². The summed E-state index contributed by atoms with van der Waals surface area (Å²) in [6.07, 6.45) is -0.638. The van der Waals surface area contributed by atoms with E-state index in [2.05, 4.69) is 10.4 Å². The van der Waals surface area contributed by atoms with Gasteiger partial charge in [0, 0.05) is 13.2 Å². The number of carbonyl (C=O) groups is 1. The topological polar surface area (TPSA) is 82.2 Å². The van der Waals surface area contributed by atoms with E-state index < -0.39 is 18.9 Å². The number of nitrogens with two attached hydrogens (primary N) is 1. The van der Waals surface area contributed by atoms with E-state index in [4.69, 9.17) is 10.5 Å². The van der Waals surface area contributed by atoms with E-state index >= 15 is 0 Å². The SMILES string of the molecule is CC(C)OCCCNC(=O)c1c(N)cnn1CC(F)F. The molecule has 114 valence electrons. The first-order valence-electron chi connectivity index (χ1n) is 6.41. The predicted octanol–water partition coefficient (Wildman–Crippen LogP) is 1.28. The highest BCUT2D eigenvalue weighted by atomic mass is 19.3. The van der Waals surface area contributed by atoms with Crippen molar-refractivity contribution in [2.24, 2.45) is 0 Å². The van der Waals surface area contributed by atoms with Crippen LogP contribution in [0.1, 0.15) is 30.8 Å². The molecule has 0 fully saturated rings. The maximum absolute atomic E-state index is 12.4. The number of hydrogen-bond acceptors (Lipinski definition) is 4. The number of hydrogen-bond donors (Lipinski definition) is 2. The molecule has 8 heteroatoms. The second kappa shape index (κ2) is 7.78. The third-order valence-electron chi connectivity index (χ3n) is 2.45. The van der Waals surface area contributed by atoms with Crippen molar-refractivity contribution >= 4 is 11.6 Å². The van der Waals surface area contributed by atoms with Gasteiger partial charge in [-0.05, 0) is 20.3 Å². The third kappa shape index (κ3) is 5.12. The average molecular weight is 290 g/mol. The molecule has 0 aromatic carbocycles. The first-order chi connectivity index (χ1) is 9.41. The Morgan fingerprint density at radius 2 is 2.25 bits per heavy atom. The lowest BCUT2D eigenvalue weighted by molar-refractivity contribution is 0.0755. The van der Waals surface area contributed by atoms with Crippen molar-refractivity contribution in [3.63, 3.8) is 0 Å². The Morgan fingerprint density at radius 1 is 1.55 bits per heavy atom. The number of alkyl halides is 2. The van der Waals surface area contributed by atoms with Gasteiger partial charge >= 0.3 is 0 Å². The zero-order chi connectivity index (χ0) is 15.1. The van der Waals surface area contributed by atoms with Crippen molar-refractivity contribution < 1.29 is 18.3 Å². The minimum Gasteiger partial charge on any atom is -0.396 e. The van der Waals surface area contributed by atoms with Crippen LogP contribution in [0.4, 0.5) is 14.5 Å². The van der Waals surface area contributed by atoms with Crippen LogP contribution >= 0.6 is 0 Å². The van der Waals surface area contributed by atoms with E-state index in [-0.39, 0.29) is 17.5 Å². The van der Waals surface area contributed by atoms with Crippen LogP contribution in [0.5, 0.6) is 0 Å². The van der Waals surface area contributed by atoms with Gasteiger partial charge in [0.2, 0.25) is 0 Å². The van der Waals surface area contributed by atoms with Gasteiger partial charge in [0.25, 0.3) is 12.3 Å². The van der Waals surface area contributed by atoms with E-state index in [0.29, 0.717) is 19.6 Å². The average Bonchev–Trinajstić information content (AvgIpc) is 2.68. The lowest BCUT2D eigenvalue weighted by atomic mass is 10.3. The molecule has 3 N–H and O–H groups in total. The number of ether oxygens (including phenoxy) is 1. The number of halogens is 2. The fourth-order valence-corrected chi connectivity index (χ4v) is 1.59. The van der Waals surface area contributed by atoms with E-state index in [9.17, 15) is 13.6 Å². The predicted molar refractivity (Wildman–Crippen MR) is 70.7 cm³/mol. The number of nitrogens with zero attached hydrogens (tertiary/aromatic N) is 2. The molecule has 0 saturated carbocycles. The van der Waals surface area contributed by atoms with Gasteiger partial charge in [0.05, 0.1) is 18.0 Å². The Bertz CT molecular complexity index is 435. The number of rotatable bonds is 8. The van der Waals surface area contributed by atoms with Gasteiger partial charge in [0.1, 0.15) is 12.2 Å². The highest BCUT2D eigenvalue weighted by molar-refractivity contribution is 5.97. The molecule has 0 bridgehead atoms. The minimum absolute atomic E-state index is 0.0323. The Kier molecular flexibility index (Phi) is 6.37. The fraction of sp³-hybridized carbons (Fsp3) is 0.667. The van der Waals surface area contributed by atoms with Crippen LogP contribution in [0.15, 0.2) is 6.20 Å². The second-order valence-corrected chi connectivity index (χ2v) is 4.55. The summed E-state index contributed by atoms with van der Waals surface area (Å²) in [6.45, 7) is 4.08. The maximum atomic E-state index is 12.4. The number of anilines is 1. The van der Waals surface area contributed by atoms with E-state index in [1.54, 1.807) is 0 Å². The summed E-state index contributed by atoms with van der Waals surface area (Å²) in [5.41, 5.74) is 5.63. The van der Waals surface area contributed by atoms with Crippen molar-refractivity contribution in [1.29, 1.82) is 0 Å².